The Morgan fingerprint density at radius 3 is 2.81 bits per heavy atom. The third-order valence-electron chi connectivity index (χ3n) is 5.51. The topological polar surface area (TPSA) is 96.8 Å². The lowest BCUT2D eigenvalue weighted by Crippen LogP contribution is -2.52. The van der Waals surface area contributed by atoms with Crippen LogP contribution in [-0.2, 0) is 19.4 Å². The van der Waals surface area contributed by atoms with Gasteiger partial charge in [-0.1, -0.05) is 0 Å². The summed E-state index contributed by atoms with van der Waals surface area (Å²) < 4.78 is 1.58. The van der Waals surface area contributed by atoms with Gasteiger partial charge in [0.25, 0.3) is 11.5 Å². The molecule has 138 valence electrons. The van der Waals surface area contributed by atoms with Gasteiger partial charge in [-0.3, -0.25) is 9.59 Å². The maximum atomic E-state index is 12.6. The van der Waals surface area contributed by atoms with Gasteiger partial charge in [-0.15, -0.1) is 0 Å². The number of rotatable bonds is 3. The SMILES string of the molecule is O=C(c1ccc2n[nH]nc2c1)N1CC(Cn2nc3c(cc2=O)CCCC3)C1. The van der Waals surface area contributed by atoms with Crippen LogP contribution in [0.5, 0.6) is 0 Å². The standard InChI is InChI=1S/C19H20N6O2/c26-18-8-13-3-1-2-4-15(13)22-25(18)11-12-9-24(10-12)19(27)14-5-6-16-17(7-14)21-23-20-16/h5-8,12H,1-4,9-11H2,(H,20,21,23). The van der Waals surface area contributed by atoms with Crippen LogP contribution in [0.15, 0.2) is 29.1 Å². The van der Waals surface area contributed by atoms with Gasteiger partial charge in [0.05, 0.1) is 12.2 Å². The molecule has 1 aliphatic carbocycles. The van der Waals surface area contributed by atoms with E-state index in [0.717, 1.165) is 42.5 Å². The Bertz CT molecular complexity index is 1080. The third-order valence-corrected chi connectivity index (χ3v) is 5.51. The van der Waals surface area contributed by atoms with Crippen molar-refractivity contribution >= 4 is 16.9 Å². The number of likely N-dealkylation sites (tertiary alicyclic amines) is 1. The first-order valence-corrected chi connectivity index (χ1v) is 9.37. The molecule has 2 aliphatic rings. The van der Waals surface area contributed by atoms with E-state index in [2.05, 4.69) is 20.5 Å². The molecule has 0 bridgehead atoms. The fourth-order valence-corrected chi connectivity index (χ4v) is 3.98. The van der Waals surface area contributed by atoms with Gasteiger partial charge in [0.1, 0.15) is 11.0 Å². The molecule has 1 N–H and O–H groups in total. The van der Waals surface area contributed by atoms with E-state index in [4.69, 9.17) is 0 Å². The molecule has 0 saturated carbocycles. The molecule has 3 aromatic rings. The van der Waals surface area contributed by atoms with Gasteiger partial charge < -0.3 is 4.90 Å². The number of H-pyrrole nitrogens is 1. The number of aromatic amines is 1. The largest absolute Gasteiger partial charge is 0.338 e. The summed E-state index contributed by atoms with van der Waals surface area (Å²) in [6.45, 7) is 1.85. The van der Waals surface area contributed by atoms with Crippen LogP contribution in [0, 0.1) is 5.92 Å². The van der Waals surface area contributed by atoms with Crippen molar-refractivity contribution < 1.29 is 4.79 Å². The number of hydrogen-bond donors (Lipinski definition) is 1. The van der Waals surface area contributed by atoms with Crippen molar-refractivity contribution in [3.8, 4) is 0 Å². The minimum absolute atomic E-state index is 0.0121. The fourth-order valence-electron chi connectivity index (χ4n) is 3.98. The maximum Gasteiger partial charge on any atom is 0.267 e. The Balaban J connectivity index is 1.25. The molecule has 0 atom stereocenters. The van der Waals surface area contributed by atoms with Gasteiger partial charge in [0, 0.05) is 30.6 Å². The molecule has 8 nitrogen and oxygen atoms in total. The zero-order valence-corrected chi connectivity index (χ0v) is 14.9. The molecule has 0 radical (unpaired) electrons. The van der Waals surface area contributed by atoms with Crippen molar-refractivity contribution in [2.24, 2.45) is 5.92 Å². The predicted octanol–water partition coefficient (Wildman–Crippen LogP) is 1.17. The van der Waals surface area contributed by atoms with E-state index in [-0.39, 0.29) is 17.4 Å². The lowest BCUT2D eigenvalue weighted by Gasteiger charge is -2.39. The van der Waals surface area contributed by atoms with Gasteiger partial charge >= 0.3 is 0 Å². The molecule has 1 aromatic carbocycles. The molecule has 0 unspecified atom stereocenters. The molecular formula is C19H20N6O2. The lowest BCUT2D eigenvalue weighted by atomic mass is 9.96. The molecule has 5 rings (SSSR count). The summed E-state index contributed by atoms with van der Waals surface area (Å²) in [5.41, 5.74) is 4.18. The smallest absolute Gasteiger partial charge is 0.267 e. The van der Waals surface area contributed by atoms with E-state index < -0.39 is 0 Å². The van der Waals surface area contributed by atoms with E-state index in [1.165, 1.54) is 0 Å². The van der Waals surface area contributed by atoms with E-state index >= 15 is 0 Å². The molecular weight excluding hydrogens is 344 g/mol. The molecule has 27 heavy (non-hydrogen) atoms. The van der Waals surface area contributed by atoms with Crippen molar-refractivity contribution in [2.45, 2.75) is 32.2 Å². The first-order chi connectivity index (χ1) is 13.2. The number of carbonyl (C=O) groups is 1. The van der Waals surface area contributed by atoms with Crippen LogP contribution in [0.3, 0.4) is 0 Å². The Labute approximate surface area is 155 Å². The molecule has 2 aromatic heterocycles. The average Bonchev–Trinajstić information content (AvgIpc) is 3.11. The van der Waals surface area contributed by atoms with Crippen LogP contribution in [0.2, 0.25) is 0 Å². The second kappa shape index (κ2) is 6.29. The number of amides is 1. The molecule has 8 heteroatoms. The highest BCUT2D eigenvalue weighted by Crippen LogP contribution is 2.22. The van der Waals surface area contributed by atoms with Gasteiger partial charge in [-0.05, 0) is 49.4 Å². The zero-order chi connectivity index (χ0) is 18.4. The Morgan fingerprint density at radius 1 is 1.11 bits per heavy atom. The van der Waals surface area contributed by atoms with Crippen molar-refractivity contribution in [2.75, 3.05) is 13.1 Å². The summed E-state index contributed by atoms with van der Waals surface area (Å²) in [7, 11) is 0. The molecule has 1 fully saturated rings. The molecule has 1 amide bonds. The highest BCUT2D eigenvalue weighted by molar-refractivity contribution is 5.97. The van der Waals surface area contributed by atoms with Crippen LogP contribution >= 0.6 is 0 Å². The minimum atomic E-state index is -0.0306. The van der Waals surface area contributed by atoms with E-state index in [1.54, 1.807) is 33.8 Å². The monoisotopic (exact) mass is 364 g/mol. The van der Waals surface area contributed by atoms with E-state index in [0.29, 0.717) is 30.7 Å². The van der Waals surface area contributed by atoms with Gasteiger partial charge in [-0.2, -0.15) is 20.5 Å². The number of hydrogen-bond acceptors (Lipinski definition) is 5. The van der Waals surface area contributed by atoms with Crippen LogP contribution in [0.1, 0.15) is 34.5 Å². The maximum absolute atomic E-state index is 12.6. The highest BCUT2D eigenvalue weighted by Gasteiger charge is 2.32. The number of aryl methyl sites for hydroxylation is 2. The summed E-state index contributed by atoms with van der Waals surface area (Å²) in [6.07, 6.45) is 4.19. The summed E-state index contributed by atoms with van der Waals surface area (Å²) in [5.74, 6) is 0.249. The molecule has 3 heterocycles. The number of aromatic nitrogens is 5. The lowest BCUT2D eigenvalue weighted by molar-refractivity contribution is 0.0458. The van der Waals surface area contributed by atoms with E-state index in [9.17, 15) is 9.59 Å². The van der Waals surface area contributed by atoms with Gasteiger partial charge in [-0.25, -0.2) is 4.68 Å². The first-order valence-electron chi connectivity index (χ1n) is 9.37. The minimum Gasteiger partial charge on any atom is -0.338 e. The Kier molecular flexibility index (Phi) is 3.77. The van der Waals surface area contributed by atoms with Crippen molar-refractivity contribution in [3.05, 3.63) is 51.4 Å². The van der Waals surface area contributed by atoms with Crippen LogP contribution in [-0.4, -0.2) is 49.1 Å². The van der Waals surface area contributed by atoms with Crippen LogP contribution in [0.4, 0.5) is 0 Å². The number of benzene rings is 1. The Morgan fingerprint density at radius 2 is 1.93 bits per heavy atom. The Hall–Kier alpha value is -3.03. The van der Waals surface area contributed by atoms with Crippen molar-refractivity contribution in [1.82, 2.24) is 30.1 Å². The van der Waals surface area contributed by atoms with Gasteiger partial charge in [0.2, 0.25) is 0 Å². The highest BCUT2D eigenvalue weighted by atomic mass is 16.2. The number of nitrogens with zero attached hydrogens (tertiary/aromatic N) is 5. The molecule has 1 aliphatic heterocycles. The van der Waals surface area contributed by atoms with Crippen molar-refractivity contribution in [3.63, 3.8) is 0 Å². The van der Waals surface area contributed by atoms with Crippen LogP contribution in [0.25, 0.3) is 11.0 Å². The second-order valence-electron chi connectivity index (χ2n) is 7.45. The number of fused-ring (bicyclic) bond motifs is 2. The third kappa shape index (κ3) is 2.90. The normalized spacial score (nSPS) is 17.0. The quantitative estimate of drug-likeness (QED) is 0.752. The molecule has 0 spiro atoms. The summed E-state index contributed by atoms with van der Waals surface area (Å²) in [5, 5.41) is 15.2. The molecule has 1 saturated heterocycles. The summed E-state index contributed by atoms with van der Waals surface area (Å²) >= 11 is 0. The number of carbonyl (C=O) groups excluding carboxylic acids is 1. The average molecular weight is 364 g/mol. The zero-order valence-electron chi connectivity index (χ0n) is 14.9. The van der Waals surface area contributed by atoms with Crippen molar-refractivity contribution in [1.29, 1.82) is 0 Å². The predicted molar refractivity (Wildman–Crippen MR) is 98.4 cm³/mol. The second-order valence-corrected chi connectivity index (χ2v) is 7.45. The fraction of sp³-hybridized carbons (Fsp3) is 0.421. The summed E-state index contributed by atoms with van der Waals surface area (Å²) in [6, 6.07) is 7.07. The number of nitrogens with one attached hydrogen (secondary N) is 1. The van der Waals surface area contributed by atoms with Crippen LogP contribution < -0.4 is 5.56 Å². The summed E-state index contributed by atoms with van der Waals surface area (Å²) in [4.78, 5) is 26.7. The first kappa shape index (κ1) is 16.2. The van der Waals surface area contributed by atoms with Gasteiger partial charge in [0.15, 0.2) is 0 Å². The van der Waals surface area contributed by atoms with E-state index in [1.807, 2.05) is 0 Å².